The number of carbonyl (C=O) groups excluding carboxylic acids is 1. The normalized spacial score (nSPS) is 13.3. The lowest BCUT2D eigenvalue weighted by Crippen LogP contribution is -2.92. The number of quaternary nitrogens is 1. The van der Waals surface area contributed by atoms with Gasteiger partial charge < -0.3 is 15.6 Å². The van der Waals surface area contributed by atoms with E-state index in [0.717, 1.165) is 12.1 Å². The van der Waals surface area contributed by atoms with Crippen molar-refractivity contribution >= 4 is 33.8 Å². The Morgan fingerprint density at radius 2 is 1.93 bits per heavy atom. The third kappa shape index (κ3) is 4.39. The number of carbonyl (C=O) groups is 1. The van der Waals surface area contributed by atoms with Crippen LogP contribution in [0.4, 0.5) is 10.1 Å². The average molecular weight is 409 g/mol. The molecule has 6 heteroatoms. The Balaban J connectivity index is 1.48. The molecule has 1 amide bonds. The molecule has 0 spiro atoms. The van der Waals surface area contributed by atoms with Crippen LogP contribution >= 0.6 is 11.3 Å². The van der Waals surface area contributed by atoms with E-state index in [0.29, 0.717) is 5.69 Å². The van der Waals surface area contributed by atoms with Crippen molar-refractivity contribution in [1.29, 1.82) is 0 Å². The number of anilines is 1. The van der Waals surface area contributed by atoms with Crippen LogP contribution in [0.2, 0.25) is 0 Å². The zero-order chi connectivity index (χ0) is 20.2. The molecule has 2 aromatic heterocycles. The Bertz CT molecular complexity index is 1090. The van der Waals surface area contributed by atoms with Gasteiger partial charge in [-0.05, 0) is 54.3 Å². The minimum absolute atomic E-state index is 0.0968. The molecule has 4 N–H and O–H groups in total. The number of thiophene rings is 1. The van der Waals surface area contributed by atoms with Gasteiger partial charge in [0.05, 0.1) is 12.5 Å². The van der Waals surface area contributed by atoms with Crippen molar-refractivity contribution in [3.8, 4) is 0 Å². The summed E-state index contributed by atoms with van der Waals surface area (Å²) in [5, 5.41) is 8.21. The van der Waals surface area contributed by atoms with Gasteiger partial charge in [0.1, 0.15) is 5.82 Å². The summed E-state index contributed by atoms with van der Waals surface area (Å²) in [6, 6.07) is 18.0. The van der Waals surface area contributed by atoms with Crippen molar-refractivity contribution in [3.63, 3.8) is 0 Å². The second-order valence-corrected chi connectivity index (χ2v) is 8.09. The molecule has 2 atom stereocenters. The van der Waals surface area contributed by atoms with Gasteiger partial charge in [-0.3, -0.25) is 4.79 Å². The molecule has 0 unspecified atom stereocenters. The number of para-hydroxylation sites is 1. The largest absolute Gasteiger partial charge is 0.361 e. The van der Waals surface area contributed by atoms with Crippen molar-refractivity contribution in [2.45, 2.75) is 18.9 Å². The predicted molar refractivity (Wildman–Crippen MR) is 116 cm³/mol. The van der Waals surface area contributed by atoms with Gasteiger partial charge in [-0.1, -0.05) is 24.3 Å². The summed E-state index contributed by atoms with van der Waals surface area (Å²) < 4.78 is 13.1. The minimum atomic E-state index is -0.319. The van der Waals surface area contributed by atoms with E-state index in [9.17, 15) is 9.18 Å². The maximum absolute atomic E-state index is 13.1. The Kier molecular flexibility index (Phi) is 5.74. The topological polar surface area (TPSA) is 61.5 Å². The summed E-state index contributed by atoms with van der Waals surface area (Å²) in [7, 11) is 0. The Morgan fingerprint density at radius 3 is 2.69 bits per heavy atom. The van der Waals surface area contributed by atoms with Crippen LogP contribution in [0, 0.1) is 5.82 Å². The smallest absolute Gasteiger partial charge is 0.282 e. The number of nitrogens with two attached hydrogens (primary N) is 1. The van der Waals surface area contributed by atoms with E-state index >= 15 is 0 Å². The third-order valence-corrected chi connectivity index (χ3v) is 6.12. The van der Waals surface area contributed by atoms with Gasteiger partial charge >= 0.3 is 0 Å². The van der Waals surface area contributed by atoms with E-state index in [1.165, 1.54) is 28.0 Å². The molecule has 148 valence electrons. The van der Waals surface area contributed by atoms with E-state index in [2.05, 4.69) is 51.5 Å². The Labute approximate surface area is 172 Å². The van der Waals surface area contributed by atoms with Crippen LogP contribution in [0.25, 0.3) is 10.9 Å². The van der Waals surface area contributed by atoms with Crippen LogP contribution in [0.1, 0.15) is 23.3 Å². The standard InChI is InChI=1S/C23H22FN3OS/c1-15(23(28)27-17-10-8-16(24)9-11-17)25-14-20(22-7-4-12-29-22)19-13-26-21-6-3-2-5-18(19)21/h2-13,15,20,25-26H,14H2,1H3,(H,27,28)/p+1/t15-,20+/m1/s1. The maximum atomic E-state index is 13.1. The summed E-state index contributed by atoms with van der Waals surface area (Å²) in [4.78, 5) is 17.2. The first kappa shape index (κ1) is 19.4. The van der Waals surface area contributed by atoms with Crippen molar-refractivity contribution in [2.24, 2.45) is 0 Å². The molecule has 0 bridgehead atoms. The number of H-pyrrole nitrogens is 1. The highest BCUT2D eigenvalue weighted by Crippen LogP contribution is 2.32. The van der Waals surface area contributed by atoms with Crippen molar-refractivity contribution in [2.75, 3.05) is 11.9 Å². The summed E-state index contributed by atoms with van der Waals surface area (Å²) in [5.41, 5.74) is 2.96. The molecule has 0 saturated carbocycles. The van der Waals surface area contributed by atoms with Gasteiger partial charge in [-0.15, -0.1) is 11.3 Å². The number of aromatic amines is 1. The molecule has 0 saturated heterocycles. The Morgan fingerprint density at radius 1 is 1.14 bits per heavy atom. The van der Waals surface area contributed by atoms with Gasteiger partial charge in [0.25, 0.3) is 5.91 Å². The predicted octanol–water partition coefficient (Wildman–Crippen LogP) is 4.09. The molecule has 0 radical (unpaired) electrons. The third-order valence-electron chi connectivity index (χ3n) is 5.13. The molecule has 4 rings (SSSR count). The zero-order valence-corrected chi connectivity index (χ0v) is 16.9. The quantitative estimate of drug-likeness (QED) is 0.424. The highest BCUT2D eigenvalue weighted by molar-refractivity contribution is 7.10. The van der Waals surface area contributed by atoms with Crippen LogP contribution in [0.3, 0.4) is 0 Å². The number of amides is 1. The molecule has 0 fully saturated rings. The minimum Gasteiger partial charge on any atom is -0.361 e. The lowest BCUT2D eigenvalue weighted by Gasteiger charge is -2.17. The fraction of sp³-hybridized carbons (Fsp3) is 0.174. The van der Waals surface area contributed by atoms with Gasteiger partial charge in [0.2, 0.25) is 0 Å². The number of aromatic nitrogens is 1. The number of nitrogens with one attached hydrogen (secondary N) is 2. The molecule has 2 heterocycles. The monoisotopic (exact) mass is 408 g/mol. The molecule has 0 aliphatic heterocycles. The number of fused-ring (bicyclic) bond motifs is 1. The van der Waals surface area contributed by atoms with E-state index in [4.69, 9.17) is 0 Å². The van der Waals surface area contributed by atoms with Crippen molar-refractivity contribution in [3.05, 3.63) is 88.5 Å². The number of hydrogen-bond acceptors (Lipinski definition) is 2. The molecular weight excluding hydrogens is 385 g/mol. The van der Waals surface area contributed by atoms with Gasteiger partial charge in [-0.2, -0.15) is 0 Å². The second kappa shape index (κ2) is 8.59. The number of hydrogen-bond donors (Lipinski definition) is 3. The molecule has 2 aromatic carbocycles. The summed E-state index contributed by atoms with van der Waals surface area (Å²) in [6.45, 7) is 2.64. The number of rotatable bonds is 7. The highest BCUT2D eigenvalue weighted by atomic mass is 32.1. The molecule has 4 aromatic rings. The first-order chi connectivity index (χ1) is 14.1. The molecule has 29 heavy (non-hydrogen) atoms. The van der Waals surface area contributed by atoms with Gasteiger partial charge in [0.15, 0.2) is 6.04 Å². The van der Waals surface area contributed by atoms with Crippen molar-refractivity contribution < 1.29 is 14.5 Å². The second-order valence-electron chi connectivity index (χ2n) is 7.11. The van der Waals surface area contributed by atoms with E-state index in [-0.39, 0.29) is 23.7 Å². The molecular formula is C23H23FN3OS+. The number of halogens is 1. The zero-order valence-electron chi connectivity index (χ0n) is 16.1. The SMILES string of the molecule is C[C@@H]([NH2+]C[C@H](c1cccs1)c1c[nH]c2ccccc12)C(=O)Nc1ccc(F)cc1. The maximum Gasteiger partial charge on any atom is 0.282 e. The summed E-state index contributed by atoms with van der Waals surface area (Å²) in [6.07, 6.45) is 2.08. The first-order valence-corrected chi connectivity index (χ1v) is 10.5. The number of benzene rings is 2. The van der Waals surface area contributed by atoms with Crippen LogP contribution in [0.5, 0.6) is 0 Å². The lowest BCUT2D eigenvalue weighted by atomic mass is 9.96. The molecule has 4 nitrogen and oxygen atoms in total. The highest BCUT2D eigenvalue weighted by Gasteiger charge is 2.24. The first-order valence-electron chi connectivity index (χ1n) is 9.61. The van der Waals surface area contributed by atoms with Crippen LogP contribution in [0.15, 0.2) is 72.2 Å². The summed E-state index contributed by atoms with van der Waals surface area (Å²) in [5.74, 6) is -0.229. The Hall–Kier alpha value is -2.96. The molecule has 0 aliphatic rings. The van der Waals surface area contributed by atoms with Crippen LogP contribution in [-0.4, -0.2) is 23.5 Å². The van der Waals surface area contributed by atoms with Crippen molar-refractivity contribution in [1.82, 2.24) is 4.98 Å². The fourth-order valence-corrected chi connectivity index (χ4v) is 4.36. The lowest BCUT2D eigenvalue weighted by molar-refractivity contribution is -0.674. The van der Waals surface area contributed by atoms with Gasteiger partial charge in [-0.25, -0.2) is 4.39 Å². The summed E-state index contributed by atoms with van der Waals surface area (Å²) >= 11 is 1.73. The van der Waals surface area contributed by atoms with E-state index in [1.54, 1.807) is 23.5 Å². The van der Waals surface area contributed by atoms with E-state index < -0.39 is 0 Å². The molecule has 0 aliphatic carbocycles. The van der Waals surface area contributed by atoms with Crippen LogP contribution < -0.4 is 10.6 Å². The average Bonchev–Trinajstić information content (AvgIpc) is 3.40. The van der Waals surface area contributed by atoms with Crippen LogP contribution in [-0.2, 0) is 4.79 Å². The fourth-order valence-electron chi connectivity index (χ4n) is 3.50. The van der Waals surface area contributed by atoms with Gasteiger partial charge in [0, 0.05) is 27.7 Å². The van der Waals surface area contributed by atoms with E-state index in [1.807, 2.05) is 19.1 Å².